The predicted octanol–water partition coefficient (Wildman–Crippen LogP) is 8.65. The van der Waals surface area contributed by atoms with Gasteiger partial charge in [-0.05, 0) is 93.1 Å². The number of likely N-dealkylation sites (tertiary alicyclic amines) is 1. The number of fused-ring (bicyclic) bond motifs is 1. The summed E-state index contributed by atoms with van der Waals surface area (Å²) < 4.78 is 11.0. The van der Waals surface area contributed by atoms with Gasteiger partial charge in [-0.25, -0.2) is 14.4 Å². The lowest BCUT2D eigenvalue weighted by atomic mass is 9.80. The van der Waals surface area contributed by atoms with Gasteiger partial charge in [0.2, 0.25) is 0 Å². The molecule has 1 aliphatic rings. The van der Waals surface area contributed by atoms with E-state index in [0.29, 0.717) is 43.9 Å². The van der Waals surface area contributed by atoms with Gasteiger partial charge in [-0.15, -0.1) is 0 Å². The highest BCUT2D eigenvalue weighted by Gasteiger charge is 2.37. The van der Waals surface area contributed by atoms with Crippen LogP contribution in [0.15, 0.2) is 97.1 Å². The van der Waals surface area contributed by atoms with Crippen molar-refractivity contribution in [2.75, 3.05) is 31.6 Å². The van der Waals surface area contributed by atoms with Crippen LogP contribution in [0.3, 0.4) is 0 Å². The van der Waals surface area contributed by atoms with E-state index in [9.17, 15) is 14.4 Å². The summed E-state index contributed by atoms with van der Waals surface area (Å²) in [5, 5.41) is 5.22. The zero-order chi connectivity index (χ0) is 33.6. The van der Waals surface area contributed by atoms with Crippen LogP contribution in [-0.2, 0) is 9.47 Å². The number of nitrogens with zero attached hydrogens (tertiary/aromatic N) is 2. The molecule has 0 aromatic heterocycles. The Hall–Kier alpha value is -4.85. The summed E-state index contributed by atoms with van der Waals surface area (Å²) in [6, 6.07) is 30.9. The lowest BCUT2D eigenvalue weighted by molar-refractivity contribution is 0.0101. The molecule has 0 spiro atoms. The van der Waals surface area contributed by atoms with Crippen molar-refractivity contribution in [3.63, 3.8) is 0 Å². The summed E-state index contributed by atoms with van der Waals surface area (Å²) in [6.07, 6.45) is 0.354. The molecule has 246 valence electrons. The lowest BCUT2D eigenvalue weighted by Gasteiger charge is -2.42. The summed E-state index contributed by atoms with van der Waals surface area (Å²) >= 11 is 0. The van der Waals surface area contributed by atoms with Gasteiger partial charge in [-0.3, -0.25) is 0 Å². The number of esters is 1. The van der Waals surface area contributed by atoms with Gasteiger partial charge in [0.25, 0.3) is 0 Å². The van der Waals surface area contributed by atoms with E-state index >= 15 is 0 Å². The van der Waals surface area contributed by atoms with E-state index in [0.717, 1.165) is 21.9 Å². The lowest BCUT2D eigenvalue weighted by Crippen LogP contribution is -2.49. The Balaban J connectivity index is 1.39. The minimum Gasteiger partial charge on any atom is -0.462 e. The minimum atomic E-state index is -0.650. The molecule has 0 saturated carbocycles. The van der Waals surface area contributed by atoms with Crippen LogP contribution >= 0.6 is 0 Å². The minimum absolute atomic E-state index is 0.00783. The molecule has 1 aliphatic heterocycles. The molecular weight excluding hydrogens is 590 g/mol. The molecule has 5 rings (SSSR count). The number of piperidine rings is 1. The van der Waals surface area contributed by atoms with Crippen molar-refractivity contribution in [3.05, 3.63) is 114 Å². The van der Waals surface area contributed by atoms with Gasteiger partial charge in [0.1, 0.15) is 5.60 Å². The molecular formula is C39H45N3O5. The highest BCUT2D eigenvalue weighted by atomic mass is 16.6. The number of ether oxygens (including phenoxy) is 2. The van der Waals surface area contributed by atoms with E-state index in [1.54, 1.807) is 31.2 Å². The molecule has 1 N–H and O–H groups in total. The SMILES string of the molecule is CCOC(=O)c1ccc(NC(=O)N2CCC(CN(C(=O)OC(C)(C)C)[C@H](C)c3cccc4ccccc34)C(c3ccccc3)C2)cc1. The second-order valence-corrected chi connectivity index (χ2v) is 13.1. The summed E-state index contributed by atoms with van der Waals surface area (Å²) in [4.78, 5) is 43.2. The number of nitrogens with one attached hydrogen (secondary N) is 1. The van der Waals surface area contributed by atoms with Crippen molar-refractivity contribution in [2.24, 2.45) is 5.92 Å². The quantitative estimate of drug-likeness (QED) is 0.196. The number of urea groups is 1. The van der Waals surface area contributed by atoms with E-state index in [4.69, 9.17) is 9.47 Å². The third-order valence-electron chi connectivity index (χ3n) is 8.72. The Bertz CT molecular complexity index is 1680. The Morgan fingerprint density at radius 2 is 1.60 bits per heavy atom. The number of anilines is 1. The van der Waals surface area contributed by atoms with E-state index in [2.05, 4.69) is 48.6 Å². The van der Waals surface area contributed by atoms with Crippen molar-refractivity contribution in [1.82, 2.24) is 9.80 Å². The van der Waals surface area contributed by atoms with E-state index in [1.807, 2.05) is 67.0 Å². The second kappa shape index (κ2) is 14.7. The standard InChI is InChI=1S/C39H45N3O5/c1-6-46-36(43)30-19-21-32(22-20-30)40-37(44)41-24-23-31(35(26-41)29-13-8-7-9-14-29)25-42(38(45)47-39(3,4)5)27(2)33-18-12-16-28-15-10-11-17-34(28)33/h7-22,27,31,35H,6,23-26H2,1-5H3,(H,40,44)/t27-,31?,35?/m1/s1. The Kier molecular flexibility index (Phi) is 10.5. The van der Waals surface area contributed by atoms with Crippen LogP contribution in [0.4, 0.5) is 15.3 Å². The van der Waals surface area contributed by atoms with Crippen LogP contribution in [0.5, 0.6) is 0 Å². The number of carbonyl (C=O) groups excluding carboxylic acids is 3. The number of amides is 3. The van der Waals surface area contributed by atoms with Gasteiger partial charge in [-0.1, -0.05) is 72.8 Å². The summed E-state index contributed by atoms with van der Waals surface area (Å²) in [6.45, 7) is 11.3. The molecule has 0 aliphatic carbocycles. The van der Waals surface area contributed by atoms with Gasteiger partial charge >= 0.3 is 18.1 Å². The first kappa shape index (κ1) is 33.5. The molecule has 8 heteroatoms. The number of benzene rings is 4. The average molecular weight is 636 g/mol. The number of hydrogen-bond donors (Lipinski definition) is 1. The molecule has 4 aromatic carbocycles. The first-order valence-corrected chi connectivity index (χ1v) is 16.4. The van der Waals surface area contributed by atoms with E-state index in [1.165, 1.54) is 0 Å². The molecule has 0 radical (unpaired) electrons. The first-order valence-electron chi connectivity index (χ1n) is 16.4. The summed E-state index contributed by atoms with van der Waals surface area (Å²) in [5.41, 5.74) is 2.57. The fourth-order valence-corrected chi connectivity index (χ4v) is 6.33. The molecule has 2 unspecified atom stereocenters. The van der Waals surface area contributed by atoms with Crippen LogP contribution in [0, 0.1) is 5.92 Å². The molecule has 0 bridgehead atoms. The zero-order valence-corrected chi connectivity index (χ0v) is 27.9. The van der Waals surface area contributed by atoms with Crippen LogP contribution in [-0.4, -0.2) is 59.7 Å². The van der Waals surface area contributed by atoms with Crippen LogP contribution in [0.25, 0.3) is 10.8 Å². The fourth-order valence-electron chi connectivity index (χ4n) is 6.33. The maximum absolute atomic E-state index is 13.9. The van der Waals surface area contributed by atoms with Gasteiger partial charge in [0, 0.05) is 31.2 Å². The molecule has 1 heterocycles. The van der Waals surface area contributed by atoms with E-state index < -0.39 is 11.6 Å². The Morgan fingerprint density at radius 3 is 2.30 bits per heavy atom. The molecule has 3 amide bonds. The van der Waals surface area contributed by atoms with Crippen molar-refractivity contribution >= 4 is 34.6 Å². The van der Waals surface area contributed by atoms with Gasteiger partial charge in [0.15, 0.2) is 0 Å². The van der Waals surface area contributed by atoms with Gasteiger partial charge in [-0.2, -0.15) is 0 Å². The first-order chi connectivity index (χ1) is 22.5. The van der Waals surface area contributed by atoms with Crippen LogP contribution in [0.2, 0.25) is 0 Å². The van der Waals surface area contributed by atoms with Crippen molar-refractivity contribution in [3.8, 4) is 0 Å². The third kappa shape index (κ3) is 8.30. The van der Waals surface area contributed by atoms with Crippen molar-refractivity contribution in [2.45, 2.75) is 58.6 Å². The normalized spacial score (nSPS) is 17.1. The fraction of sp³-hybridized carbons (Fsp3) is 0.359. The number of carbonyl (C=O) groups is 3. The van der Waals surface area contributed by atoms with Crippen molar-refractivity contribution in [1.29, 1.82) is 0 Å². The topological polar surface area (TPSA) is 88.2 Å². The number of hydrogen-bond acceptors (Lipinski definition) is 5. The predicted molar refractivity (Wildman–Crippen MR) is 186 cm³/mol. The molecule has 47 heavy (non-hydrogen) atoms. The van der Waals surface area contributed by atoms with Gasteiger partial charge < -0.3 is 24.6 Å². The molecule has 3 atom stereocenters. The van der Waals surface area contributed by atoms with Gasteiger partial charge in [0.05, 0.1) is 18.2 Å². The molecule has 8 nitrogen and oxygen atoms in total. The summed E-state index contributed by atoms with van der Waals surface area (Å²) in [5.74, 6) is -0.324. The molecule has 1 saturated heterocycles. The molecule has 4 aromatic rings. The highest BCUT2D eigenvalue weighted by molar-refractivity contribution is 5.92. The smallest absolute Gasteiger partial charge is 0.410 e. The maximum atomic E-state index is 13.9. The summed E-state index contributed by atoms with van der Waals surface area (Å²) in [7, 11) is 0. The Labute approximate surface area is 277 Å². The zero-order valence-electron chi connectivity index (χ0n) is 27.9. The molecule has 1 fully saturated rings. The monoisotopic (exact) mass is 635 g/mol. The maximum Gasteiger partial charge on any atom is 0.410 e. The van der Waals surface area contributed by atoms with Crippen LogP contribution in [0.1, 0.15) is 74.5 Å². The average Bonchev–Trinajstić information content (AvgIpc) is 3.06. The highest BCUT2D eigenvalue weighted by Crippen LogP contribution is 2.37. The Morgan fingerprint density at radius 1 is 0.915 bits per heavy atom. The largest absolute Gasteiger partial charge is 0.462 e. The third-order valence-corrected chi connectivity index (χ3v) is 8.72. The van der Waals surface area contributed by atoms with E-state index in [-0.39, 0.29) is 30.0 Å². The second-order valence-electron chi connectivity index (χ2n) is 13.1. The van der Waals surface area contributed by atoms with Crippen molar-refractivity contribution < 1.29 is 23.9 Å². The van der Waals surface area contributed by atoms with Crippen LogP contribution < -0.4 is 5.32 Å². The number of rotatable bonds is 8.